The molecule has 1 aliphatic heterocycles. The lowest BCUT2D eigenvalue weighted by Crippen LogP contribution is -2.49. The van der Waals surface area contributed by atoms with Crippen molar-refractivity contribution < 1.29 is 23.9 Å². The molecule has 0 bridgehead atoms. The number of rotatable bonds is 6. The second-order valence-electron chi connectivity index (χ2n) is 7.49. The SMILES string of the molecule is NC(N)=NC(=O)OCc1ccccc1-c1cnc(N2CC(=NOC3CC(O)C3)C2)nc1F. The molecule has 0 radical (unpaired) electrons. The first kappa shape index (κ1) is 21.4. The number of aliphatic hydroxyl groups excluding tert-OH is 1. The number of hydrogen-bond donors (Lipinski definition) is 3. The second-order valence-corrected chi connectivity index (χ2v) is 7.49. The number of carbonyl (C=O) groups excluding carboxylic acids is 1. The van der Waals surface area contributed by atoms with E-state index in [-0.39, 0.29) is 30.3 Å². The van der Waals surface area contributed by atoms with Crippen molar-refractivity contribution in [3.63, 3.8) is 0 Å². The summed E-state index contributed by atoms with van der Waals surface area (Å²) in [5.74, 6) is -0.880. The molecule has 12 heteroatoms. The third-order valence-electron chi connectivity index (χ3n) is 5.04. The third kappa shape index (κ3) is 4.91. The zero-order valence-electron chi connectivity index (χ0n) is 17.0. The van der Waals surface area contributed by atoms with Crippen LogP contribution in [0.2, 0.25) is 0 Å². The first-order chi connectivity index (χ1) is 15.4. The fraction of sp³-hybridized carbons (Fsp3) is 0.350. The van der Waals surface area contributed by atoms with Gasteiger partial charge in [0.15, 0.2) is 5.96 Å². The van der Waals surface area contributed by atoms with Crippen LogP contribution in [0, 0.1) is 5.95 Å². The minimum Gasteiger partial charge on any atom is -0.443 e. The van der Waals surface area contributed by atoms with Gasteiger partial charge in [-0.05, 0) is 11.1 Å². The van der Waals surface area contributed by atoms with Crippen molar-refractivity contribution in [2.75, 3.05) is 18.0 Å². The van der Waals surface area contributed by atoms with Crippen LogP contribution in [0.25, 0.3) is 11.1 Å². The highest BCUT2D eigenvalue weighted by Gasteiger charge is 2.31. The average molecular weight is 443 g/mol. The molecule has 1 amide bonds. The molecule has 11 nitrogen and oxygen atoms in total. The van der Waals surface area contributed by atoms with Crippen LogP contribution in [0.4, 0.5) is 15.1 Å². The number of anilines is 1. The van der Waals surface area contributed by atoms with E-state index in [1.165, 1.54) is 6.20 Å². The summed E-state index contributed by atoms with van der Waals surface area (Å²) in [4.78, 5) is 30.2. The highest BCUT2D eigenvalue weighted by Crippen LogP contribution is 2.28. The summed E-state index contributed by atoms with van der Waals surface area (Å²) in [6, 6.07) is 6.82. The number of aliphatic hydroxyl groups is 1. The fourth-order valence-corrected chi connectivity index (χ4v) is 3.24. The Morgan fingerprint density at radius 1 is 1.25 bits per heavy atom. The summed E-state index contributed by atoms with van der Waals surface area (Å²) in [6.45, 7) is 0.716. The number of carbonyl (C=O) groups is 1. The molecule has 5 N–H and O–H groups in total. The third-order valence-corrected chi connectivity index (χ3v) is 5.04. The molecule has 1 aromatic carbocycles. The molecular formula is C20H22FN7O4. The van der Waals surface area contributed by atoms with E-state index in [1.54, 1.807) is 29.2 Å². The number of oxime groups is 1. The molecule has 1 saturated carbocycles. The number of ether oxygens (including phenoxy) is 1. The van der Waals surface area contributed by atoms with Gasteiger partial charge in [-0.15, -0.1) is 4.99 Å². The Hall–Kier alpha value is -3.80. The summed E-state index contributed by atoms with van der Waals surface area (Å²) >= 11 is 0. The van der Waals surface area contributed by atoms with Crippen molar-refractivity contribution in [1.82, 2.24) is 9.97 Å². The number of amides is 1. The predicted octanol–water partition coefficient (Wildman–Crippen LogP) is 0.909. The van der Waals surface area contributed by atoms with Gasteiger partial charge in [0.1, 0.15) is 12.7 Å². The molecule has 2 aliphatic rings. The van der Waals surface area contributed by atoms with Gasteiger partial charge in [0.2, 0.25) is 11.9 Å². The van der Waals surface area contributed by atoms with Crippen LogP contribution < -0.4 is 16.4 Å². The Balaban J connectivity index is 1.40. The van der Waals surface area contributed by atoms with Gasteiger partial charge in [-0.25, -0.2) is 9.78 Å². The lowest BCUT2D eigenvalue weighted by Gasteiger charge is -2.34. The van der Waals surface area contributed by atoms with Crippen LogP contribution in [0.3, 0.4) is 0 Å². The molecule has 2 heterocycles. The quantitative estimate of drug-likeness (QED) is 0.255. The summed E-state index contributed by atoms with van der Waals surface area (Å²) in [5.41, 5.74) is 12.3. The highest BCUT2D eigenvalue weighted by molar-refractivity contribution is 5.98. The van der Waals surface area contributed by atoms with E-state index in [9.17, 15) is 14.3 Å². The zero-order chi connectivity index (χ0) is 22.7. The summed E-state index contributed by atoms with van der Waals surface area (Å²) < 4.78 is 19.8. The van der Waals surface area contributed by atoms with Crippen LogP contribution in [0.15, 0.2) is 40.6 Å². The molecule has 2 aromatic rings. The van der Waals surface area contributed by atoms with Gasteiger partial charge in [0, 0.05) is 19.0 Å². The van der Waals surface area contributed by atoms with E-state index in [0.29, 0.717) is 37.1 Å². The molecule has 1 saturated heterocycles. The van der Waals surface area contributed by atoms with Gasteiger partial charge in [-0.2, -0.15) is 9.37 Å². The molecule has 0 atom stereocenters. The number of nitrogens with zero attached hydrogens (tertiary/aromatic N) is 5. The largest absolute Gasteiger partial charge is 0.443 e. The summed E-state index contributed by atoms with van der Waals surface area (Å²) in [7, 11) is 0. The van der Waals surface area contributed by atoms with Crippen molar-refractivity contribution in [2.45, 2.75) is 31.7 Å². The number of aromatic nitrogens is 2. The predicted molar refractivity (Wildman–Crippen MR) is 113 cm³/mol. The number of aliphatic imine (C=N–C) groups is 1. The van der Waals surface area contributed by atoms with Crippen LogP contribution >= 0.6 is 0 Å². The summed E-state index contributed by atoms with van der Waals surface area (Å²) in [6.07, 6.45) is 1.27. The molecule has 2 fully saturated rings. The van der Waals surface area contributed by atoms with Gasteiger partial charge < -0.3 is 31.0 Å². The molecule has 1 aromatic heterocycles. The molecule has 4 rings (SSSR count). The maximum absolute atomic E-state index is 14.8. The molecule has 168 valence electrons. The van der Waals surface area contributed by atoms with Crippen molar-refractivity contribution in [3.8, 4) is 11.1 Å². The van der Waals surface area contributed by atoms with E-state index in [1.807, 2.05) is 0 Å². The first-order valence-corrected chi connectivity index (χ1v) is 9.91. The van der Waals surface area contributed by atoms with E-state index < -0.39 is 18.0 Å². The minimum atomic E-state index is -0.945. The molecule has 0 spiro atoms. The Bertz CT molecular complexity index is 1060. The van der Waals surface area contributed by atoms with E-state index >= 15 is 0 Å². The van der Waals surface area contributed by atoms with Crippen molar-refractivity contribution in [2.24, 2.45) is 21.6 Å². The van der Waals surface area contributed by atoms with Crippen molar-refractivity contribution in [3.05, 3.63) is 42.0 Å². The topological polar surface area (TPSA) is 162 Å². The standard InChI is InChI=1S/C20H22FN7O4/c21-17-16(15-4-2-1-3-11(15)10-31-20(30)26-18(22)23)7-24-19(25-17)28-8-12(9-28)27-32-14-5-13(29)6-14/h1-4,7,13-14,29H,5-6,8-10H2,(H4,22,23,26,30). The average Bonchev–Trinajstić information content (AvgIpc) is 2.69. The maximum atomic E-state index is 14.8. The fourth-order valence-electron chi connectivity index (χ4n) is 3.24. The van der Waals surface area contributed by atoms with Gasteiger partial charge in [-0.3, -0.25) is 0 Å². The Labute approximate surface area is 182 Å². The number of halogens is 1. The van der Waals surface area contributed by atoms with Gasteiger partial charge in [-0.1, -0.05) is 29.4 Å². The Morgan fingerprint density at radius 3 is 2.69 bits per heavy atom. The van der Waals surface area contributed by atoms with Crippen molar-refractivity contribution >= 4 is 23.7 Å². The maximum Gasteiger partial charge on any atom is 0.437 e. The van der Waals surface area contributed by atoms with E-state index in [0.717, 1.165) is 5.71 Å². The molecule has 0 unspecified atom stereocenters. The number of benzene rings is 1. The van der Waals surface area contributed by atoms with Crippen LogP contribution in [-0.4, -0.2) is 58.1 Å². The molecule has 32 heavy (non-hydrogen) atoms. The number of nitrogens with two attached hydrogens (primary N) is 2. The van der Waals surface area contributed by atoms with Gasteiger partial charge in [0.25, 0.3) is 0 Å². The monoisotopic (exact) mass is 443 g/mol. The lowest BCUT2D eigenvalue weighted by molar-refractivity contribution is -0.0698. The second kappa shape index (κ2) is 9.14. The molecule has 1 aliphatic carbocycles. The van der Waals surface area contributed by atoms with Crippen LogP contribution in [0.1, 0.15) is 18.4 Å². The highest BCUT2D eigenvalue weighted by atomic mass is 19.1. The van der Waals surface area contributed by atoms with Gasteiger partial charge in [0.05, 0.1) is 30.5 Å². The number of hydrogen-bond acceptors (Lipinski definition) is 8. The smallest absolute Gasteiger partial charge is 0.437 e. The summed E-state index contributed by atoms with van der Waals surface area (Å²) in [5, 5.41) is 13.3. The van der Waals surface area contributed by atoms with E-state index in [2.05, 4.69) is 20.1 Å². The Kier molecular flexibility index (Phi) is 6.12. The normalized spacial score (nSPS) is 19.4. The number of guanidine groups is 1. The first-order valence-electron chi connectivity index (χ1n) is 9.91. The molecular weight excluding hydrogens is 421 g/mol. The van der Waals surface area contributed by atoms with Crippen molar-refractivity contribution in [1.29, 1.82) is 0 Å². The van der Waals surface area contributed by atoms with Crippen LogP contribution in [-0.2, 0) is 16.2 Å². The van der Waals surface area contributed by atoms with Gasteiger partial charge >= 0.3 is 6.09 Å². The lowest BCUT2D eigenvalue weighted by atomic mass is 9.93. The minimum absolute atomic E-state index is 0.0432. The van der Waals surface area contributed by atoms with Crippen LogP contribution in [0.5, 0.6) is 0 Å². The Morgan fingerprint density at radius 2 is 2.00 bits per heavy atom. The van der Waals surface area contributed by atoms with E-state index in [4.69, 9.17) is 21.0 Å². The zero-order valence-corrected chi connectivity index (χ0v) is 17.0.